The van der Waals surface area contributed by atoms with Gasteiger partial charge in [-0.3, -0.25) is 4.79 Å². The molecule has 0 saturated heterocycles. The first-order valence-electron chi connectivity index (χ1n) is 8.54. The number of para-hydroxylation sites is 1. The van der Waals surface area contributed by atoms with Crippen molar-refractivity contribution in [2.24, 2.45) is 0 Å². The number of nitrogens with one attached hydrogen (secondary N) is 1. The van der Waals surface area contributed by atoms with Crippen LogP contribution in [0, 0.1) is 0 Å². The van der Waals surface area contributed by atoms with Crippen LogP contribution in [0.25, 0.3) is 11.4 Å². The molecule has 0 aliphatic rings. The number of nitrogens with zero attached hydrogens (tertiary/aromatic N) is 4. The molecule has 0 aliphatic heterocycles. The second-order valence-electron chi connectivity index (χ2n) is 5.98. The molecule has 0 bridgehead atoms. The second kappa shape index (κ2) is 7.61. The quantitative estimate of drug-likeness (QED) is 0.593. The molecule has 2 aromatic heterocycles. The molecule has 0 amide bonds. The van der Waals surface area contributed by atoms with E-state index in [1.165, 1.54) is 10.7 Å². The summed E-state index contributed by atoms with van der Waals surface area (Å²) in [5.74, 6) is 1.27. The lowest BCUT2D eigenvalue weighted by molar-refractivity contribution is 0.643. The maximum Gasteiger partial charge on any atom is 0.267 e. The van der Waals surface area contributed by atoms with Crippen LogP contribution in [0.15, 0.2) is 90.0 Å². The Morgan fingerprint density at radius 2 is 1.67 bits per heavy atom. The van der Waals surface area contributed by atoms with Crippen LogP contribution in [0.1, 0.15) is 5.56 Å². The number of hydrogen-bond donors (Lipinski definition) is 1. The Balaban J connectivity index is 1.59. The van der Waals surface area contributed by atoms with Crippen LogP contribution < -0.4 is 10.9 Å². The SMILES string of the molecule is O=c1ccc(Nc2ccccc2)nn1Cc1cccc(-c2ncccn2)c1. The number of rotatable bonds is 5. The number of aromatic nitrogens is 4. The minimum atomic E-state index is -0.157. The molecule has 2 heterocycles. The molecule has 27 heavy (non-hydrogen) atoms. The first-order chi connectivity index (χ1) is 13.3. The highest BCUT2D eigenvalue weighted by Gasteiger charge is 2.05. The van der Waals surface area contributed by atoms with Gasteiger partial charge in [-0.2, -0.15) is 5.10 Å². The first kappa shape index (κ1) is 16.7. The van der Waals surface area contributed by atoms with Crippen molar-refractivity contribution >= 4 is 11.5 Å². The van der Waals surface area contributed by atoms with Gasteiger partial charge in [0.05, 0.1) is 6.54 Å². The van der Waals surface area contributed by atoms with Crippen molar-refractivity contribution in [1.82, 2.24) is 19.7 Å². The van der Waals surface area contributed by atoms with Crippen LogP contribution in [0.3, 0.4) is 0 Å². The predicted molar refractivity (Wildman–Crippen MR) is 105 cm³/mol. The van der Waals surface area contributed by atoms with E-state index in [0.29, 0.717) is 18.2 Å². The summed E-state index contributed by atoms with van der Waals surface area (Å²) in [7, 11) is 0. The topological polar surface area (TPSA) is 72.7 Å². The fourth-order valence-corrected chi connectivity index (χ4v) is 2.73. The van der Waals surface area contributed by atoms with Crippen LogP contribution in [0.2, 0.25) is 0 Å². The van der Waals surface area contributed by atoms with Crippen molar-refractivity contribution in [3.63, 3.8) is 0 Å². The first-order valence-corrected chi connectivity index (χ1v) is 8.54. The van der Waals surface area contributed by atoms with Crippen molar-refractivity contribution in [3.8, 4) is 11.4 Å². The van der Waals surface area contributed by atoms with E-state index in [-0.39, 0.29) is 5.56 Å². The zero-order valence-corrected chi connectivity index (χ0v) is 14.5. The minimum Gasteiger partial charge on any atom is -0.339 e. The molecule has 132 valence electrons. The van der Waals surface area contributed by atoms with Crippen LogP contribution in [0.4, 0.5) is 11.5 Å². The van der Waals surface area contributed by atoms with Gasteiger partial charge in [0.1, 0.15) is 0 Å². The lowest BCUT2D eigenvalue weighted by Gasteiger charge is -2.10. The molecule has 0 aliphatic carbocycles. The molecule has 0 unspecified atom stereocenters. The zero-order valence-electron chi connectivity index (χ0n) is 14.5. The van der Waals surface area contributed by atoms with Crippen molar-refractivity contribution in [3.05, 3.63) is 101 Å². The fraction of sp³-hybridized carbons (Fsp3) is 0.0476. The summed E-state index contributed by atoms with van der Waals surface area (Å²) in [6.45, 7) is 0.365. The third kappa shape index (κ3) is 4.07. The van der Waals surface area contributed by atoms with E-state index in [2.05, 4.69) is 20.4 Å². The highest BCUT2D eigenvalue weighted by atomic mass is 16.1. The zero-order chi connectivity index (χ0) is 18.5. The summed E-state index contributed by atoms with van der Waals surface area (Å²) in [4.78, 5) is 20.8. The van der Waals surface area contributed by atoms with Crippen molar-refractivity contribution in [2.45, 2.75) is 6.54 Å². The van der Waals surface area contributed by atoms with Gasteiger partial charge < -0.3 is 5.32 Å². The summed E-state index contributed by atoms with van der Waals surface area (Å²) in [6, 6.07) is 22.5. The monoisotopic (exact) mass is 355 g/mol. The smallest absolute Gasteiger partial charge is 0.267 e. The molecule has 0 saturated carbocycles. The minimum absolute atomic E-state index is 0.157. The van der Waals surface area contributed by atoms with E-state index >= 15 is 0 Å². The Hall–Kier alpha value is -3.80. The van der Waals surface area contributed by atoms with Crippen LogP contribution in [-0.2, 0) is 6.54 Å². The number of anilines is 2. The van der Waals surface area contributed by atoms with Gasteiger partial charge in [-0.05, 0) is 35.9 Å². The normalized spacial score (nSPS) is 10.5. The van der Waals surface area contributed by atoms with Gasteiger partial charge in [-0.1, -0.05) is 36.4 Å². The van der Waals surface area contributed by atoms with Gasteiger partial charge in [0.15, 0.2) is 11.6 Å². The Morgan fingerprint density at radius 1 is 0.852 bits per heavy atom. The highest BCUT2D eigenvalue weighted by Crippen LogP contribution is 2.16. The van der Waals surface area contributed by atoms with Crippen LogP contribution >= 0.6 is 0 Å². The largest absolute Gasteiger partial charge is 0.339 e. The molecule has 2 aromatic carbocycles. The summed E-state index contributed by atoms with van der Waals surface area (Å²) in [6.07, 6.45) is 3.42. The van der Waals surface area contributed by atoms with Gasteiger partial charge in [0.2, 0.25) is 0 Å². The van der Waals surface area contributed by atoms with Crippen molar-refractivity contribution < 1.29 is 0 Å². The number of hydrogen-bond acceptors (Lipinski definition) is 5. The predicted octanol–water partition coefficient (Wildman–Crippen LogP) is 3.49. The summed E-state index contributed by atoms with van der Waals surface area (Å²) >= 11 is 0. The van der Waals surface area contributed by atoms with Crippen LogP contribution in [-0.4, -0.2) is 19.7 Å². The Labute approximate surface area is 156 Å². The molecule has 6 heteroatoms. The summed E-state index contributed by atoms with van der Waals surface area (Å²) in [5, 5.41) is 7.63. The molecule has 0 spiro atoms. The fourth-order valence-electron chi connectivity index (χ4n) is 2.73. The molecule has 0 fully saturated rings. The van der Waals surface area contributed by atoms with E-state index in [4.69, 9.17) is 0 Å². The van der Waals surface area contributed by atoms with E-state index in [1.54, 1.807) is 24.5 Å². The van der Waals surface area contributed by atoms with E-state index in [1.807, 2.05) is 54.6 Å². The highest BCUT2D eigenvalue weighted by molar-refractivity contribution is 5.56. The lowest BCUT2D eigenvalue weighted by atomic mass is 10.1. The maximum atomic E-state index is 12.2. The third-order valence-corrected chi connectivity index (χ3v) is 4.00. The van der Waals surface area contributed by atoms with E-state index in [0.717, 1.165) is 16.8 Å². The van der Waals surface area contributed by atoms with Gasteiger partial charge >= 0.3 is 0 Å². The van der Waals surface area contributed by atoms with Gasteiger partial charge in [-0.15, -0.1) is 0 Å². The van der Waals surface area contributed by atoms with Crippen molar-refractivity contribution in [2.75, 3.05) is 5.32 Å². The third-order valence-electron chi connectivity index (χ3n) is 4.00. The molecule has 6 nitrogen and oxygen atoms in total. The average Bonchev–Trinajstić information content (AvgIpc) is 2.72. The van der Waals surface area contributed by atoms with E-state index < -0.39 is 0 Å². The molecular formula is C21H17N5O. The molecule has 4 aromatic rings. The molecule has 1 N–H and O–H groups in total. The molecule has 0 atom stereocenters. The Kier molecular flexibility index (Phi) is 4.70. The summed E-state index contributed by atoms with van der Waals surface area (Å²) in [5.41, 5.74) is 2.61. The molecule has 4 rings (SSSR count). The van der Waals surface area contributed by atoms with Gasteiger partial charge in [-0.25, -0.2) is 14.6 Å². The molecule has 0 radical (unpaired) electrons. The maximum absolute atomic E-state index is 12.2. The standard InChI is InChI=1S/C21H17N5O/c27-20-11-10-19(24-18-8-2-1-3-9-18)25-26(20)15-16-6-4-7-17(14-16)21-22-12-5-13-23-21/h1-14H,15H2,(H,24,25). The summed E-state index contributed by atoms with van der Waals surface area (Å²) < 4.78 is 1.44. The lowest BCUT2D eigenvalue weighted by Crippen LogP contribution is -2.23. The number of benzene rings is 2. The van der Waals surface area contributed by atoms with Gasteiger partial charge in [0, 0.05) is 29.7 Å². The Morgan fingerprint density at radius 3 is 2.48 bits per heavy atom. The van der Waals surface area contributed by atoms with Crippen molar-refractivity contribution in [1.29, 1.82) is 0 Å². The second-order valence-corrected chi connectivity index (χ2v) is 5.98. The van der Waals surface area contributed by atoms with Crippen LogP contribution in [0.5, 0.6) is 0 Å². The Bertz CT molecular complexity index is 1090. The van der Waals surface area contributed by atoms with E-state index in [9.17, 15) is 4.79 Å². The average molecular weight is 355 g/mol. The van der Waals surface area contributed by atoms with Gasteiger partial charge in [0.25, 0.3) is 5.56 Å². The molecular weight excluding hydrogens is 338 g/mol.